The highest BCUT2D eigenvalue weighted by molar-refractivity contribution is 7.15. The molecule has 0 unspecified atom stereocenters. The Balaban J connectivity index is 1.54. The quantitative estimate of drug-likeness (QED) is 0.524. The third-order valence-electron chi connectivity index (χ3n) is 5.80. The summed E-state index contributed by atoms with van der Waals surface area (Å²) in [5.74, 6) is 0.889. The van der Waals surface area contributed by atoms with Crippen LogP contribution in [0.5, 0.6) is 0 Å². The van der Waals surface area contributed by atoms with Crippen LogP contribution < -0.4 is 0 Å². The monoisotopic (exact) mass is 467 g/mol. The van der Waals surface area contributed by atoms with Crippen LogP contribution in [0.1, 0.15) is 52.1 Å². The molecule has 0 spiro atoms. The Morgan fingerprint density at radius 2 is 2.03 bits per heavy atom. The van der Waals surface area contributed by atoms with Crippen molar-refractivity contribution in [2.24, 2.45) is 0 Å². The smallest absolute Gasteiger partial charge is 0.324 e. The van der Waals surface area contributed by atoms with Gasteiger partial charge in [0, 0.05) is 17.6 Å². The lowest BCUT2D eigenvalue weighted by molar-refractivity contribution is -0.141. The van der Waals surface area contributed by atoms with Crippen LogP contribution in [-0.4, -0.2) is 36.6 Å². The Bertz CT molecular complexity index is 1170. The van der Waals surface area contributed by atoms with Crippen molar-refractivity contribution in [3.63, 3.8) is 0 Å². The molecule has 0 N–H and O–H groups in total. The molecule has 2 aliphatic rings. The lowest BCUT2D eigenvalue weighted by Crippen LogP contribution is -2.52. The first-order chi connectivity index (χ1) is 14.8. The lowest BCUT2D eigenvalue weighted by Gasteiger charge is -2.45. The van der Waals surface area contributed by atoms with Gasteiger partial charge in [0.1, 0.15) is 0 Å². The van der Waals surface area contributed by atoms with E-state index in [-0.39, 0.29) is 17.6 Å². The highest BCUT2D eigenvalue weighted by Crippen LogP contribution is 2.43. The maximum Gasteiger partial charge on any atom is 0.434 e. The van der Waals surface area contributed by atoms with E-state index in [2.05, 4.69) is 15.2 Å². The van der Waals surface area contributed by atoms with E-state index in [1.165, 1.54) is 6.07 Å². The third-order valence-corrected chi connectivity index (χ3v) is 7.18. The van der Waals surface area contributed by atoms with E-state index in [1.54, 1.807) is 16.2 Å². The number of fused-ring (bicyclic) bond motifs is 4. The Kier molecular flexibility index (Phi) is 4.82. The first-order valence-corrected chi connectivity index (χ1v) is 11.0. The SMILES string of the molecule is Cc1ccc(-c2nnc3n2C[C@@H]2CCC[C@@H]3N2C(=O)c2ccnc(C(F)(F)F)c2Cl)s1. The lowest BCUT2D eigenvalue weighted by atomic mass is 9.91. The van der Waals surface area contributed by atoms with Gasteiger partial charge in [-0.05, 0) is 44.4 Å². The number of alkyl halides is 3. The van der Waals surface area contributed by atoms with E-state index in [0.29, 0.717) is 18.8 Å². The van der Waals surface area contributed by atoms with Gasteiger partial charge >= 0.3 is 6.18 Å². The molecule has 2 aliphatic heterocycles. The van der Waals surface area contributed by atoms with Crippen LogP contribution in [0, 0.1) is 6.92 Å². The van der Waals surface area contributed by atoms with Gasteiger partial charge in [-0.15, -0.1) is 21.5 Å². The Morgan fingerprint density at radius 1 is 1.23 bits per heavy atom. The van der Waals surface area contributed by atoms with Gasteiger partial charge in [-0.25, -0.2) is 0 Å². The maximum atomic E-state index is 13.4. The number of halogens is 4. The van der Waals surface area contributed by atoms with Crippen molar-refractivity contribution in [1.29, 1.82) is 0 Å². The molecule has 0 radical (unpaired) electrons. The van der Waals surface area contributed by atoms with Gasteiger partial charge in [0.15, 0.2) is 17.3 Å². The van der Waals surface area contributed by atoms with Crippen molar-refractivity contribution in [3.8, 4) is 10.7 Å². The average Bonchev–Trinajstić information content (AvgIpc) is 3.32. The minimum absolute atomic E-state index is 0.173. The minimum Gasteiger partial charge on any atom is -0.324 e. The van der Waals surface area contributed by atoms with Gasteiger partial charge in [-0.2, -0.15) is 13.2 Å². The fourth-order valence-electron chi connectivity index (χ4n) is 4.45. The number of aromatic nitrogens is 4. The van der Waals surface area contributed by atoms with Crippen molar-refractivity contribution in [3.05, 3.63) is 51.4 Å². The van der Waals surface area contributed by atoms with Crippen molar-refractivity contribution in [2.45, 2.75) is 51.0 Å². The summed E-state index contributed by atoms with van der Waals surface area (Å²) in [6.07, 6.45) is -1.45. The van der Waals surface area contributed by atoms with Gasteiger partial charge in [0.25, 0.3) is 5.91 Å². The van der Waals surface area contributed by atoms with Crippen LogP contribution in [0.25, 0.3) is 10.7 Å². The van der Waals surface area contributed by atoms with E-state index in [1.807, 2.05) is 23.6 Å². The zero-order valence-electron chi connectivity index (χ0n) is 16.4. The predicted octanol–water partition coefficient (Wildman–Crippen LogP) is 5.13. The summed E-state index contributed by atoms with van der Waals surface area (Å²) in [7, 11) is 0. The summed E-state index contributed by atoms with van der Waals surface area (Å²) in [6, 6.07) is 4.73. The van der Waals surface area contributed by atoms with Gasteiger partial charge < -0.3 is 9.47 Å². The number of hydrogen-bond donors (Lipinski definition) is 0. The summed E-state index contributed by atoms with van der Waals surface area (Å²) in [5, 5.41) is 8.08. The van der Waals surface area contributed by atoms with Crippen LogP contribution in [0.15, 0.2) is 24.4 Å². The van der Waals surface area contributed by atoms with Crippen molar-refractivity contribution in [1.82, 2.24) is 24.6 Å². The molecule has 0 saturated carbocycles. The highest BCUT2D eigenvalue weighted by Gasteiger charge is 2.44. The number of carbonyl (C=O) groups is 1. The molecule has 1 fully saturated rings. The highest BCUT2D eigenvalue weighted by atomic mass is 35.5. The number of amides is 1. The molecule has 3 aromatic heterocycles. The maximum absolute atomic E-state index is 13.4. The number of pyridine rings is 1. The van der Waals surface area contributed by atoms with Gasteiger partial charge in [-0.3, -0.25) is 9.78 Å². The molecule has 31 heavy (non-hydrogen) atoms. The summed E-state index contributed by atoms with van der Waals surface area (Å²) in [5.41, 5.74) is -1.44. The van der Waals surface area contributed by atoms with E-state index in [0.717, 1.165) is 34.6 Å². The Morgan fingerprint density at radius 3 is 2.74 bits per heavy atom. The fraction of sp³-hybridized carbons (Fsp3) is 0.400. The molecule has 5 rings (SSSR count). The van der Waals surface area contributed by atoms with E-state index < -0.39 is 22.8 Å². The topological polar surface area (TPSA) is 63.9 Å². The number of aryl methyl sites for hydroxylation is 1. The fourth-order valence-corrected chi connectivity index (χ4v) is 5.62. The number of thiophene rings is 1. The number of carbonyl (C=O) groups excluding carboxylic acids is 1. The van der Waals surface area contributed by atoms with E-state index in [9.17, 15) is 18.0 Å². The van der Waals surface area contributed by atoms with Gasteiger partial charge in [0.05, 0.1) is 27.5 Å². The molecule has 6 nitrogen and oxygen atoms in total. The normalized spacial score (nSPS) is 20.6. The Labute approximate surface area is 184 Å². The molecule has 3 aromatic rings. The molecule has 5 heterocycles. The molecule has 162 valence electrons. The number of rotatable bonds is 2. The molecule has 2 bridgehead atoms. The van der Waals surface area contributed by atoms with E-state index in [4.69, 9.17) is 11.6 Å². The first-order valence-electron chi connectivity index (χ1n) is 9.80. The second-order valence-corrected chi connectivity index (χ2v) is 9.40. The molecule has 11 heteroatoms. The first kappa shape index (κ1) is 20.4. The number of hydrogen-bond acceptors (Lipinski definition) is 5. The van der Waals surface area contributed by atoms with Crippen molar-refractivity contribution < 1.29 is 18.0 Å². The standard InChI is InChI=1S/C20H17ClF3N5OS/c1-10-5-6-14(31-10)18-27-26-17-13-4-2-3-11(9-28(17)18)29(13)19(30)12-7-8-25-16(15(12)21)20(22,23)24/h5-8,11,13H,2-4,9H2,1H3/t11-,13-/m0/s1. The number of nitrogens with zero attached hydrogens (tertiary/aromatic N) is 5. The van der Waals surface area contributed by atoms with Crippen LogP contribution >= 0.6 is 22.9 Å². The predicted molar refractivity (Wildman–Crippen MR) is 109 cm³/mol. The summed E-state index contributed by atoms with van der Waals surface area (Å²) in [4.78, 5) is 20.5. The largest absolute Gasteiger partial charge is 0.434 e. The van der Waals surface area contributed by atoms with Gasteiger partial charge in [0.2, 0.25) is 0 Å². The van der Waals surface area contributed by atoms with Crippen LogP contribution in [0.3, 0.4) is 0 Å². The van der Waals surface area contributed by atoms with Crippen molar-refractivity contribution in [2.75, 3.05) is 0 Å². The second kappa shape index (κ2) is 7.30. The minimum atomic E-state index is -4.74. The second-order valence-electron chi connectivity index (χ2n) is 7.73. The summed E-state index contributed by atoms with van der Waals surface area (Å²) < 4.78 is 41.7. The third kappa shape index (κ3) is 3.32. The summed E-state index contributed by atoms with van der Waals surface area (Å²) in [6.45, 7) is 2.51. The van der Waals surface area contributed by atoms with Crippen LogP contribution in [0.4, 0.5) is 13.2 Å². The molecular weight excluding hydrogens is 451 g/mol. The molecule has 2 atom stereocenters. The zero-order valence-corrected chi connectivity index (χ0v) is 17.9. The van der Waals surface area contributed by atoms with E-state index >= 15 is 0 Å². The molecule has 1 saturated heterocycles. The Hall–Kier alpha value is -2.46. The van der Waals surface area contributed by atoms with Gasteiger partial charge in [-0.1, -0.05) is 11.6 Å². The zero-order chi connectivity index (χ0) is 21.9. The van der Waals surface area contributed by atoms with Crippen LogP contribution in [0.2, 0.25) is 5.02 Å². The molecule has 0 aliphatic carbocycles. The van der Waals surface area contributed by atoms with Crippen molar-refractivity contribution >= 4 is 28.8 Å². The summed E-state index contributed by atoms with van der Waals surface area (Å²) >= 11 is 7.61. The van der Waals surface area contributed by atoms with Crippen LogP contribution in [-0.2, 0) is 12.7 Å². The average molecular weight is 468 g/mol. The molecule has 1 amide bonds. The molecule has 0 aromatic carbocycles. The number of piperidine rings is 1. The molecular formula is C20H17ClF3N5OS.